The molecule has 0 aliphatic carbocycles. The minimum atomic E-state index is -0.428. The number of carbonyl (C=O) groups is 1. The average Bonchev–Trinajstić information content (AvgIpc) is 2.90. The molecule has 0 spiro atoms. The number of aromatic nitrogens is 1. The lowest BCUT2D eigenvalue weighted by Crippen LogP contribution is -2.18. The van der Waals surface area contributed by atoms with Crippen LogP contribution in [0, 0.1) is 11.7 Å². The zero-order chi connectivity index (χ0) is 14.7. The number of nitrogens with one attached hydrogen (secondary N) is 1. The van der Waals surface area contributed by atoms with Crippen molar-refractivity contribution in [1.29, 1.82) is 0 Å². The van der Waals surface area contributed by atoms with Crippen molar-refractivity contribution in [3.63, 3.8) is 0 Å². The van der Waals surface area contributed by atoms with E-state index in [4.69, 9.17) is 10.2 Å². The molecule has 1 atom stereocenters. The zero-order valence-electron chi connectivity index (χ0n) is 11.3. The summed E-state index contributed by atoms with van der Waals surface area (Å²) in [4.78, 5) is 16.0. The Morgan fingerprint density at radius 2 is 2.00 bits per heavy atom. The third-order valence-corrected chi connectivity index (χ3v) is 2.86. The van der Waals surface area contributed by atoms with Gasteiger partial charge in [0.15, 0.2) is 5.69 Å². The molecule has 1 aromatic heterocycles. The molecule has 0 fully saturated rings. The first-order valence-electron chi connectivity index (χ1n) is 6.25. The molecule has 2 rings (SSSR count). The fourth-order valence-electron chi connectivity index (χ4n) is 1.56. The predicted molar refractivity (Wildman–Crippen MR) is 72.6 cm³/mol. The van der Waals surface area contributed by atoms with Gasteiger partial charge in [-0.1, -0.05) is 13.8 Å². The molecular formula is C14H16FN3O2. The summed E-state index contributed by atoms with van der Waals surface area (Å²) in [5.74, 6) is -0.317. The molecule has 5 nitrogen and oxygen atoms in total. The first-order chi connectivity index (χ1) is 9.47. The van der Waals surface area contributed by atoms with E-state index in [1.165, 1.54) is 30.5 Å². The van der Waals surface area contributed by atoms with Crippen LogP contribution in [0.4, 0.5) is 10.1 Å². The summed E-state index contributed by atoms with van der Waals surface area (Å²) in [7, 11) is 0. The molecule has 1 heterocycles. The van der Waals surface area contributed by atoms with Crippen molar-refractivity contribution in [1.82, 2.24) is 4.98 Å². The lowest BCUT2D eigenvalue weighted by molar-refractivity contribution is 0.102. The minimum absolute atomic E-state index is 0.139. The number of benzene rings is 1. The van der Waals surface area contributed by atoms with Crippen molar-refractivity contribution in [2.24, 2.45) is 11.7 Å². The van der Waals surface area contributed by atoms with E-state index < -0.39 is 5.91 Å². The molecule has 0 aliphatic heterocycles. The van der Waals surface area contributed by atoms with E-state index in [0.29, 0.717) is 11.6 Å². The second kappa shape index (κ2) is 5.83. The number of hydrogen-bond donors (Lipinski definition) is 2. The Hall–Kier alpha value is -2.21. The van der Waals surface area contributed by atoms with Crippen LogP contribution in [-0.2, 0) is 0 Å². The number of amides is 1. The number of carbonyl (C=O) groups excluding carboxylic acids is 1. The lowest BCUT2D eigenvalue weighted by atomic mass is 10.1. The van der Waals surface area contributed by atoms with Crippen LogP contribution in [0.1, 0.15) is 36.3 Å². The van der Waals surface area contributed by atoms with E-state index in [0.717, 1.165) is 0 Å². The summed E-state index contributed by atoms with van der Waals surface area (Å²) >= 11 is 0. The maximum absolute atomic E-state index is 12.8. The number of hydrogen-bond acceptors (Lipinski definition) is 4. The fourth-order valence-corrected chi connectivity index (χ4v) is 1.56. The van der Waals surface area contributed by atoms with Crippen molar-refractivity contribution in [3.8, 4) is 0 Å². The van der Waals surface area contributed by atoms with Gasteiger partial charge in [-0.25, -0.2) is 9.37 Å². The molecule has 3 N–H and O–H groups in total. The first kappa shape index (κ1) is 14.2. The van der Waals surface area contributed by atoms with Gasteiger partial charge >= 0.3 is 0 Å². The van der Waals surface area contributed by atoms with E-state index in [-0.39, 0.29) is 23.5 Å². The SMILES string of the molecule is CC(C)C(N)c1nc(C(=O)Nc2ccc(F)cc2)co1. The first-order valence-corrected chi connectivity index (χ1v) is 6.25. The molecule has 1 amide bonds. The molecule has 0 saturated carbocycles. The third-order valence-electron chi connectivity index (χ3n) is 2.86. The minimum Gasteiger partial charge on any atom is -0.446 e. The van der Waals surface area contributed by atoms with Gasteiger partial charge in [-0.3, -0.25) is 4.79 Å². The van der Waals surface area contributed by atoms with Gasteiger partial charge in [0, 0.05) is 5.69 Å². The van der Waals surface area contributed by atoms with Crippen LogP contribution >= 0.6 is 0 Å². The van der Waals surface area contributed by atoms with Crippen LogP contribution in [-0.4, -0.2) is 10.9 Å². The van der Waals surface area contributed by atoms with Gasteiger partial charge < -0.3 is 15.5 Å². The Balaban J connectivity index is 2.08. The third kappa shape index (κ3) is 3.21. The smallest absolute Gasteiger partial charge is 0.277 e. The molecular weight excluding hydrogens is 261 g/mol. The molecule has 0 bridgehead atoms. The molecule has 0 aliphatic rings. The van der Waals surface area contributed by atoms with Crippen LogP contribution in [0.25, 0.3) is 0 Å². The quantitative estimate of drug-likeness (QED) is 0.900. The molecule has 106 valence electrons. The largest absolute Gasteiger partial charge is 0.446 e. The lowest BCUT2D eigenvalue weighted by Gasteiger charge is -2.10. The Labute approximate surface area is 116 Å². The summed E-state index contributed by atoms with van der Waals surface area (Å²) in [6.45, 7) is 3.88. The Kier molecular flexibility index (Phi) is 4.14. The van der Waals surface area contributed by atoms with E-state index >= 15 is 0 Å². The van der Waals surface area contributed by atoms with E-state index in [9.17, 15) is 9.18 Å². The van der Waals surface area contributed by atoms with E-state index in [1.807, 2.05) is 13.8 Å². The number of halogens is 1. The molecule has 2 aromatic rings. The standard InChI is InChI=1S/C14H16FN3O2/c1-8(2)12(16)14-18-11(7-20-14)13(19)17-10-5-3-9(15)4-6-10/h3-8,12H,16H2,1-2H3,(H,17,19). The van der Waals surface area contributed by atoms with Crippen LogP contribution < -0.4 is 11.1 Å². The van der Waals surface area contributed by atoms with E-state index in [2.05, 4.69) is 10.3 Å². The normalized spacial score (nSPS) is 12.4. The van der Waals surface area contributed by atoms with Crippen LogP contribution in [0.15, 0.2) is 34.9 Å². The molecule has 0 radical (unpaired) electrons. The molecule has 6 heteroatoms. The van der Waals surface area contributed by atoms with Gasteiger partial charge in [0.25, 0.3) is 5.91 Å². The van der Waals surface area contributed by atoms with Gasteiger partial charge in [0.2, 0.25) is 5.89 Å². The Morgan fingerprint density at radius 1 is 1.35 bits per heavy atom. The van der Waals surface area contributed by atoms with Gasteiger partial charge in [-0.15, -0.1) is 0 Å². The Bertz CT molecular complexity index is 593. The van der Waals surface area contributed by atoms with Crippen LogP contribution in [0.2, 0.25) is 0 Å². The van der Waals surface area contributed by atoms with E-state index in [1.54, 1.807) is 0 Å². The molecule has 0 saturated heterocycles. The average molecular weight is 277 g/mol. The number of oxazole rings is 1. The number of anilines is 1. The maximum atomic E-state index is 12.8. The van der Waals surface area contributed by atoms with Gasteiger partial charge in [0.05, 0.1) is 6.04 Å². The highest BCUT2D eigenvalue weighted by Crippen LogP contribution is 2.18. The second-order valence-electron chi connectivity index (χ2n) is 4.80. The second-order valence-corrected chi connectivity index (χ2v) is 4.80. The highest BCUT2D eigenvalue weighted by Gasteiger charge is 2.19. The highest BCUT2D eigenvalue weighted by molar-refractivity contribution is 6.02. The van der Waals surface area contributed by atoms with Gasteiger partial charge in [-0.2, -0.15) is 0 Å². The van der Waals surface area contributed by atoms with Crippen molar-refractivity contribution >= 4 is 11.6 Å². The van der Waals surface area contributed by atoms with Crippen molar-refractivity contribution < 1.29 is 13.6 Å². The van der Waals surface area contributed by atoms with Crippen molar-refractivity contribution in [3.05, 3.63) is 47.9 Å². The summed E-state index contributed by atoms with van der Waals surface area (Å²) < 4.78 is 18.0. The number of rotatable bonds is 4. The van der Waals surface area contributed by atoms with Gasteiger partial charge in [-0.05, 0) is 30.2 Å². The number of nitrogens with two attached hydrogens (primary N) is 1. The predicted octanol–water partition coefficient (Wildman–Crippen LogP) is 2.72. The molecule has 1 unspecified atom stereocenters. The fraction of sp³-hybridized carbons (Fsp3) is 0.286. The Morgan fingerprint density at radius 3 is 2.60 bits per heavy atom. The van der Waals surface area contributed by atoms with Crippen LogP contribution in [0.3, 0.4) is 0 Å². The summed E-state index contributed by atoms with van der Waals surface area (Å²) in [6, 6.07) is 5.10. The summed E-state index contributed by atoms with van der Waals surface area (Å²) in [6.07, 6.45) is 1.26. The topological polar surface area (TPSA) is 81.1 Å². The number of nitrogens with zero attached hydrogens (tertiary/aromatic N) is 1. The zero-order valence-corrected chi connectivity index (χ0v) is 11.3. The van der Waals surface area contributed by atoms with Crippen LogP contribution in [0.5, 0.6) is 0 Å². The van der Waals surface area contributed by atoms with Crippen molar-refractivity contribution in [2.45, 2.75) is 19.9 Å². The molecule has 1 aromatic carbocycles. The summed E-state index contributed by atoms with van der Waals surface area (Å²) in [5, 5.41) is 2.60. The maximum Gasteiger partial charge on any atom is 0.277 e. The monoisotopic (exact) mass is 277 g/mol. The molecule has 20 heavy (non-hydrogen) atoms. The summed E-state index contributed by atoms with van der Waals surface area (Å²) in [5.41, 5.74) is 6.51. The van der Waals surface area contributed by atoms with Crippen molar-refractivity contribution in [2.75, 3.05) is 5.32 Å². The highest BCUT2D eigenvalue weighted by atomic mass is 19.1. The van der Waals surface area contributed by atoms with Gasteiger partial charge in [0.1, 0.15) is 12.1 Å².